The Balaban J connectivity index is 1.47. The Kier molecular flexibility index (Phi) is 9.74. The van der Waals surface area contributed by atoms with Gasteiger partial charge in [-0.25, -0.2) is 8.78 Å². The second-order valence-electron chi connectivity index (χ2n) is 8.37. The van der Waals surface area contributed by atoms with Gasteiger partial charge in [0, 0.05) is 34.7 Å². The van der Waals surface area contributed by atoms with Gasteiger partial charge in [0.1, 0.15) is 17.6 Å². The highest BCUT2D eigenvalue weighted by Crippen LogP contribution is 2.28. The van der Waals surface area contributed by atoms with Crippen LogP contribution in [-0.4, -0.2) is 60.6 Å². The van der Waals surface area contributed by atoms with Crippen LogP contribution in [-0.2, 0) is 20.9 Å². The lowest BCUT2D eigenvalue weighted by atomic mass is 10.1. The third kappa shape index (κ3) is 7.74. The van der Waals surface area contributed by atoms with Crippen LogP contribution in [0.15, 0.2) is 41.8 Å². The molecule has 1 aromatic carbocycles. The van der Waals surface area contributed by atoms with Gasteiger partial charge < -0.3 is 26.0 Å². The van der Waals surface area contributed by atoms with Crippen LogP contribution in [0.1, 0.15) is 29.7 Å². The van der Waals surface area contributed by atoms with E-state index in [4.69, 9.17) is 15.9 Å². The fourth-order valence-corrected chi connectivity index (χ4v) is 4.61. The summed E-state index contributed by atoms with van der Waals surface area (Å²) in [6, 6.07) is 9.75. The van der Waals surface area contributed by atoms with Crippen molar-refractivity contribution in [3.05, 3.63) is 52.2 Å². The van der Waals surface area contributed by atoms with Crippen LogP contribution in [0.3, 0.4) is 0 Å². The molecule has 2 heterocycles. The molecule has 3 rings (SSSR count). The Morgan fingerprint density at radius 3 is 2.64 bits per heavy atom. The molecule has 1 aliphatic heterocycles. The summed E-state index contributed by atoms with van der Waals surface area (Å²) in [4.78, 5) is 39.4. The van der Waals surface area contributed by atoms with Crippen molar-refractivity contribution in [1.82, 2.24) is 15.5 Å². The Bertz CT molecular complexity index is 1070. The molecule has 0 bridgehead atoms. The van der Waals surface area contributed by atoms with Gasteiger partial charge in [0.05, 0.1) is 19.7 Å². The zero-order chi connectivity index (χ0) is 26.1. The van der Waals surface area contributed by atoms with E-state index in [1.165, 1.54) is 11.3 Å². The van der Waals surface area contributed by atoms with Gasteiger partial charge in [0.25, 0.3) is 0 Å². The van der Waals surface area contributed by atoms with E-state index in [1.54, 1.807) is 23.6 Å². The quantitative estimate of drug-likeness (QED) is 0.193. The minimum atomic E-state index is -2.67. The Morgan fingerprint density at radius 1 is 1.22 bits per heavy atom. The number of nitrogens with zero attached hydrogens (tertiary/aromatic N) is 1. The molecule has 194 valence electrons. The van der Waals surface area contributed by atoms with Gasteiger partial charge in [-0.2, -0.15) is 0 Å². The highest BCUT2D eigenvalue weighted by atomic mass is 32.1. The lowest BCUT2D eigenvalue weighted by Crippen LogP contribution is -2.48. The number of amidine groups is 1. The van der Waals surface area contributed by atoms with Crippen LogP contribution in [0.2, 0.25) is 0 Å². The number of hydrogen-bond acceptors (Lipinski definition) is 6. The average Bonchev–Trinajstić information content (AvgIpc) is 3.52. The van der Waals surface area contributed by atoms with Crippen LogP contribution >= 0.6 is 11.3 Å². The number of ether oxygens (including phenoxy) is 1. The predicted octanol–water partition coefficient (Wildman–Crippen LogP) is 2.11. The second-order valence-corrected chi connectivity index (χ2v) is 9.36. The fourth-order valence-electron chi connectivity index (χ4n) is 3.79. The first kappa shape index (κ1) is 27.1. The summed E-state index contributed by atoms with van der Waals surface area (Å²) in [7, 11) is 0. The highest BCUT2D eigenvalue weighted by molar-refractivity contribution is 7.10. The molecular formula is C24H29F2N5O4S. The number of thiophene rings is 1. The van der Waals surface area contributed by atoms with Crippen molar-refractivity contribution in [3.8, 4) is 5.75 Å². The molecule has 9 nitrogen and oxygen atoms in total. The number of nitrogens with one attached hydrogen (secondary N) is 3. The van der Waals surface area contributed by atoms with Gasteiger partial charge in [-0.15, -0.1) is 11.3 Å². The number of alkyl halides is 2. The Labute approximate surface area is 211 Å². The first-order valence-electron chi connectivity index (χ1n) is 11.5. The molecule has 2 atom stereocenters. The van der Waals surface area contributed by atoms with E-state index in [0.29, 0.717) is 24.3 Å². The van der Waals surface area contributed by atoms with Crippen molar-refractivity contribution in [2.45, 2.75) is 38.3 Å². The number of rotatable bonds is 12. The van der Waals surface area contributed by atoms with E-state index in [0.717, 1.165) is 9.78 Å². The van der Waals surface area contributed by atoms with Crippen molar-refractivity contribution in [2.75, 3.05) is 19.7 Å². The Hall–Kier alpha value is -3.54. The molecule has 12 heteroatoms. The SMILES string of the molecule is N=C(N)c1csc(CNC(=O)[C@@H]2C[C@@H](C(F)F)CN2C(=O)CNC(=O)CCCOc2ccccc2)c1. The molecule has 1 saturated heterocycles. The van der Waals surface area contributed by atoms with Crippen molar-refractivity contribution in [2.24, 2.45) is 11.7 Å². The monoisotopic (exact) mass is 521 g/mol. The van der Waals surface area contributed by atoms with Crippen molar-refractivity contribution < 1.29 is 27.9 Å². The summed E-state index contributed by atoms with van der Waals surface area (Å²) in [6.07, 6.45) is -2.27. The summed E-state index contributed by atoms with van der Waals surface area (Å²) in [6.45, 7) is -0.196. The standard InChI is InChI=1S/C24H29F2N5O4S/c25-22(26)15-10-19(24(34)30-11-18-9-16(14-36-18)23(27)28)31(13-15)21(33)12-29-20(32)7-4-8-35-17-5-2-1-3-6-17/h1-3,5-6,9,14-15,19,22H,4,7-8,10-13H2,(H3,27,28)(H,29,32)(H,30,34)/t15-,19+/m1/s1. The van der Waals surface area contributed by atoms with E-state index in [1.807, 2.05) is 18.2 Å². The zero-order valence-electron chi connectivity index (χ0n) is 19.5. The maximum atomic E-state index is 13.4. The van der Waals surface area contributed by atoms with Crippen LogP contribution in [0.4, 0.5) is 8.78 Å². The number of benzene rings is 1. The fraction of sp³-hybridized carbons (Fsp3) is 0.417. The molecule has 0 saturated carbocycles. The van der Waals surface area contributed by atoms with E-state index >= 15 is 0 Å². The number of para-hydroxylation sites is 1. The molecular weight excluding hydrogens is 492 g/mol. The molecule has 5 N–H and O–H groups in total. The van der Waals surface area contributed by atoms with E-state index in [-0.39, 0.29) is 44.2 Å². The number of nitrogen functional groups attached to an aromatic ring is 1. The predicted molar refractivity (Wildman–Crippen MR) is 131 cm³/mol. The molecule has 0 unspecified atom stereocenters. The van der Waals surface area contributed by atoms with Gasteiger partial charge in [-0.05, 0) is 31.0 Å². The number of halogens is 2. The van der Waals surface area contributed by atoms with E-state index in [2.05, 4.69) is 10.6 Å². The largest absolute Gasteiger partial charge is 0.494 e. The van der Waals surface area contributed by atoms with E-state index < -0.39 is 30.2 Å². The highest BCUT2D eigenvalue weighted by Gasteiger charge is 2.42. The zero-order valence-corrected chi connectivity index (χ0v) is 20.4. The number of likely N-dealkylation sites (tertiary alicyclic amines) is 1. The number of nitrogens with two attached hydrogens (primary N) is 1. The minimum absolute atomic E-state index is 0.0954. The molecule has 0 spiro atoms. The molecule has 2 aromatic rings. The average molecular weight is 522 g/mol. The third-order valence-electron chi connectivity index (χ3n) is 5.71. The molecule has 1 fully saturated rings. The van der Waals surface area contributed by atoms with Crippen LogP contribution in [0.25, 0.3) is 0 Å². The maximum Gasteiger partial charge on any atom is 0.243 e. The number of amides is 3. The molecule has 36 heavy (non-hydrogen) atoms. The summed E-state index contributed by atoms with van der Waals surface area (Å²) < 4.78 is 32.3. The first-order valence-corrected chi connectivity index (χ1v) is 12.3. The molecule has 0 aliphatic carbocycles. The van der Waals surface area contributed by atoms with Crippen molar-refractivity contribution in [3.63, 3.8) is 0 Å². The molecule has 1 aromatic heterocycles. The number of carbonyl (C=O) groups excluding carboxylic acids is 3. The smallest absolute Gasteiger partial charge is 0.243 e. The van der Waals surface area contributed by atoms with Crippen molar-refractivity contribution >= 4 is 34.9 Å². The van der Waals surface area contributed by atoms with Crippen molar-refractivity contribution in [1.29, 1.82) is 5.41 Å². The third-order valence-corrected chi connectivity index (χ3v) is 6.65. The molecule has 0 radical (unpaired) electrons. The summed E-state index contributed by atoms with van der Waals surface area (Å²) in [5.41, 5.74) is 5.97. The number of hydrogen-bond donors (Lipinski definition) is 4. The minimum Gasteiger partial charge on any atom is -0.494 e. The summed E-state index contributed by atoms with van der Waals surface area (Å²) in [5.74, 6) is -2.04. The maximum absolute atomic E-state index is 13.4. The van der Waals surface area contributed by atoms with Crippen LogP contribution in [0, 0.1) is 11.3 Å². The molecule has 3 amide bonds. The van der Waals surface area contributed by atoms with E-state index in [9.17, 15) is 23.2 Å². The van der Waals surface area contributed by atoms with Gasteiger partial charge >= 0.3 is 0 Å². The molecule has 1 aliphatic rings. The van der Waals surface area contributed by atoms with Gasteiger partial charge in [0.15, 0.2) is 0 Å². The summed E-state index contributed by atoms with van der Waals surface area (Å²) in [5, 5.41) is 14.3. The van der Waals surface area contributed by atoms with Crippen LogP contribution < -0.4 is 21.1 Å². The van der Waals surface area contributed by atoms with Gasteiger partial charge in [-0.1, -0.05) is 18.2 Å². The first-order chi connectivity index (χ1) is 17.2. The van der Waals surface area contributed by atoms with Crippen LogP contribution in [0.5, 0.6) is 5.75 Å². The lowest BCUT2D eigenvalue weighted by molar-refractivity contribution is -0.138. The summed E-state index contributed by atoms with van der Waals surface area (Å²) >= 11 is 1.30. The normalized spacial score (nSPS) is 17.1. The van der Waals surface area contributed by atoms with Gasteiger partial charge in [-0.3, -0.25) is 19.8 Å². The Morgan fingerprint density at radius 2 is 1.97 bits per heavy atom. The number of carbonyl (C=O) groups is 3. The second kappa shape index (κ2) is 13.0. The lowest BCUT2D eigenvalue weighted by Gasteiger charge is -2.24. The van der Waals surface area contributed by atoms with Gasteiger partial charge in [0.2, 0.25) is 24.1 Å². The topological polar surface area (TPSA) is 138 Å².